The number of hydrogen-bond donors (Lipinski definition) is 1. The molecule has 130 valence electrons. The van der Waals surface area contributed by atoms with Gasteiger partial charge in [-0.25, -0.2) is 4.39 Å². The average molecular weight is 374 g/mol. The predicted octanol–water partition coefficient (Wildman–Crippen LogP) is 3.55. The number of hydrogen-bond acceptors (Lipinski definition) is 3. The molecule has 0 amide bonds. The molecule has 0 radical (unpaired) electrons. The Kier molecular flexibility index (Phi) is 8.85. The van der Waals surface area contributed by atoms with E-state index in [4.69, 9.17) is 5.26 Å². The molecule has 3 nitrogen and oxygen atoms in total. The number of nitriles is 1. The molecule has 1 N–H and O–H groups in total. The van der Waals surface area contributed by atoms with Crippen LogP contribution < -0.4 is 5.32 Å². The van der Waals surface area contributed by atoms with Crippen molar-refractivity contribution in [3.8, 4) is 6.07 Å². The summed E-state index contributed by atoms with van der Waals surface area (Å²) in [6, 6.07) is 3.65. The molecule has 9 heteroatoms. The van der Waals surface area contributed by atoms with Crippen molar-refractivity contribution in [2.75, 3.05) is 26.2 Å². The van der Waals surface area contributed by atoms with Gasteiger partial charge in [-0.2, -0.15) is 18.4 Å². The van der Waals surface area contributed by atoms with Crippen LogP contribution in [0, 0.1) is 17.1 Å². The van der Waals surface area contributed by atoms with Gasteiger partial charge >= 0.3 is 6.18 Å². The van der Waals surface area contributed by atoms with Gasteiger partial charge in [-0.1, -0.05) is 0 Å². The van der Waals surface area contributed by atoms with Crippen LogP contribution in [0.4, 0.5) is 17.6 Å². The predicted molar refractivity (Wildman–Crippen MR) is 83.3 cm³/mol. The monoisotopic (exact) mass is 373 g/mol. The Morgan fingerprint density at radius 3 is 2.35 bits per heavy atom. The molecule has 0 saturated carbocycles. The summed E-state index contributed by atoms with van der Waals surface area (Å²) in [6.45, 7) is 2.48. The number of nitrogens with one attached hydrogen (secondary N) is 1. The highest BCUT2D eigenvalue weighted by Gasteiger charge is 2.33. The van der Waals surface area contributed by atoms with Crippen LogP contribution in [0.3, 0.4) is 0 Å². The van der Waals surface area contributed by atoms with Gasteiger partial charge in [0.2, 0.25) is 0 Å². The minimum Gasteiger partial charge on any atom is -0.314 e. The molecule has 23 heavy (non-hydrogen) atoms. The van der Waals surface area contributed by atoms with E-state index in [1.165, 1.54) is 0 Å². The van der Waals surface area contributed by atoms with Crippen molar-refractivity contribution in [1.29, 1.82) is 5.26 Å². The molecule has 0 bridgehead atoms. The summed E-state index contributed by atoms with van der Waals surface area (Å²) in [4.78, 5) is 1.85. The van der Waals surface area contributed by atoms with E-state index in [-0.39, 0.29) is 36.8 Å². The second-order valence-corrected chi connectivity index (χ2v) is 4.90. The first kappa shape index (κ1) is 21.9. The Labute approximate surface area is 144 Å². The fraction of sp³-hybridized carbons (Fsp3) is 0.500. The van der Waals surface area contributed by atoms with E-state index in [0.29, 0.717) is 26.2 Å². The van der Waals surface area contributed by atoms with Crippen molar-refractivity contribution in [3.63, 3.8) is 0 Å². The molecule has 1 aliphatic heterocycles. The first-order valence-corrected chi connectivity index (χ1v) is 6.62. The minimum atomic E-state index is -4.52. The van der Waals surface area contributed by atoms with Crippen molar-refractivity contribution in [3.05, 3.63) is 35.1 Å². The lowest BCUT2D eigenvalue weighted by Gasteiger charge is -2.34. The lowest BCUT2D eigenvalue weighted by atomic mass is 9.98. The van der Waals surface area contributed by atoms with E-state index in [9.17, 15) is 17.6 Å². The third-order valence-corrected chi connectivity index (χ3v) is 3.56. The van der Waals surface area contributed by atoms with Crippen molar-refractivity contribution in [1.82, 2.24) is 10.2 Å². The molecular formula is C14H17Cl2F4N3. The average Bonchev–Trinajstić information content (AvgIpc) is 2.45. The number of piperazine rings is 1. The summed E-state index contributed by atoms with van der Waals surface area (Å²) in [5.41, 5.74) is -0.953. The van der Waals surface area contributed by atoms with Crippen molar-refractivity contribution in [2.45, 2.75) is 18.6 Å². The number of benzene rings is 1. The van der Waals surface area contributed by atoms with E-state index < -0.39 is 23.6 Å². The molecule has 0 unspecified atom stereocenters. The van der Waals surface area contributed by atoms with Gasteiger partial charge < -0.3 is 5.32 Å². The zero-order chi connectivity index (χ0) is 15.5. The number of rotatable bonds is 3. The molecule has 0 spiro atoms. The maximum absolute atomic E-state index is 14.0. The third-order valence-electron chi connectivity index (χ3n) is 3.56. The number of alkyl halides is 3. The Hall–Kier alpha value is -1.07. The Balaban J connectivity index is 0.00000242. The summed E-state index contributed by atoms with van der Waals surface area (Å²) in [7, 11) is 0. The van der Waals surface area contributed by atoms with Gasteiger partial charge in [0, 0.05) is 31.7 Å². The molecule has 1 aromatic rings. The van der Waals surface area contributed by atoms with E-state index >= 15 is 0 Å². The van der Waals surface area contributed by atoms with E-state index in [0.717, 1.165) is 18.2 Å². The van der Waals surface area contributed by atoms with Crippen LogP contribution in [-0.4, -0.2) is 31.1 Å². The summed E-state index contributed by atoms with van der Waals surface area (Å²) in [6.07, 6.45) is -4.57. The highest BCUT2D eigenvalue weighted by Crippen LogP contribution is 2.34. The van der Waals surface area contributed by atoms with Gasteiger partial charge in [-0.05, 0) is 18.2 Å². The molecule has 1 fully saturated rings. The summed E-state index contributed by atoms with van der Waals surface area (Å²) >= 11 is 0. The highest BCUT2D eigenvalue weighted by molar-refractivity contribution is 5.85. The fourth-order valence-electron chi connectivity index (χ4n) is 2.49. The zero-order valence-corrected chi connectivity index (χ0v) is 13.7. The molecule has 1 atom stereocenters. The van der Waals surface area contributed by atoms with Crippen molar-refractivity contribution < 1.29 is 17.6 Å². The Morgan fingerprint density at radius 2 is 1.83 bits per heavy atom. The quantitative estimate of drug-likeness (QED) is 0.823. The number of nitrogens with zero attached hydrogens (tertiary/aromatic N) is 2. The molecule has 1 aliphatic rings. The topological polar surface area (TPSA) is 39.1 Å². The second-order valence-electron chi connectivity index (χ2n) is 4.90. The fourth-order valence-corrected chi connectivity index (χ4v) is 2.49. The van der Waals surface area contributed by atoms with Gasteiger partial charge in [-0.3, -0.25) is 4.90 Å². The Morgan fingerprint density at radius 1 is 1.22 bits per heavy atom. The van der Waals surface area contributed by atoms with Crippen LogP contribution in [0.25, 0.3) is 0 Å². The van der Waals surface area contributed by atoms with E-state index in [2.05, 4.69) is 5.32 Å². The minimum absolute atomic E-state index is 0. The van der Waals surface area contributed by atoms with Crippen LogP contribution in [0.2, 0.25) is 0 Å². The third kappa shape index (κ3) is 5.50. The summed E-state index contributed by atoms with van der Waals surface area (Å²) in [5, 5.41) is 12.0. The first-order valence-electron chi connectivity index (χ1n) is 6.62. The number of halogens is 6. The maximum Gasteiger partial charge on any atom is 0.416 e. The van der Waals surface area contributed by atoms with E-state index in [1.54, 1.807) is 0 Å². The van der Waals surface area contributed by atoms with Crippen LogP contribution in [0.5, 0.6) is 0 Å². The molecule has 1 saturated heterocycles. The van der Waals surface area contributed by atoms with Gasteiger partial charge in [0.1, 0.15) is 5.82 Å². The zero-order valence-electron chi connectivity index (χ0n) is 12.1. The SMILES string of the molecule is Cl.Cl.N#CC[C@@H](c1cc(C(F)(F)F)ccc1F)N1CCNCC1. The molecular weight excluding hydrogens is 357 g/mol. The lowest BCUT2D eigenvalue weighted by Crippen LogP contribution is -2.45. The van der Waals surface area contributed by atoms with Crippen molar-refractivity contribution >= 4 is 24.8 Å². The van der Waals surface area contributed by atoms with Crippen LogP contribution in [0.1, 0.15) is 23.6 Å². The first-order chi connectivity index (χ1) is 9.93. The molecule has 0 aromatic heterocycles. The standard InChI is InChI=1S/C14H15F4N3.2ClH/c15-12-2-1-10(14(16,17)18)9-11(12)13(3-4-19)21-7-5-20-6-8-21;;/h1-2,9,13,20H,3,5-8H2;2*1H/t13-;;/m0../s1. The second kappa shape index (κ2) is 9.28. The molecule has 0 aliphatic carbocycles. The van der Waals surface area contributed by atoms with E-state index in [1.807, 2.05) is 11.0 Å². The normalized spacial score (nSPS) is 16.7. The van der Waals surface area contributed by atoms with Crippen LogP contribution >= 0.6 is 24.8 Å². The lowest BCUT2D eigenvalue weighted by molar-refractivity contribution is -0.137. The smallest absolute Gasteiger partial charge is 0.314 e. The van der Waals surface area contributed by atoms with Gasteiger partial charge in [0.25, 0.3) is 0 Å². The maximum atomic E-state index is 14.0. The van der Waals surface area contributed by atoms with Gasteiger partial charge in [0.05, 0.1) is 24.1 Å². The van der Waals surface area contributed by atoms with Gasteiger partial charge in [-0.15, -0.1) is 24.8 Å². The molecule has 1 heterocycles. The van der Waals surface area contributed by atoms with Crippen LogP contribution in [-0.2, 0) is 6.18 Å². The van der Waals surface area contributed by atoms with Gasteiger partial charge in [0.15, 0.2) is 0 Å². The highest BCUT2D eigenvalue weighted by atomic mass is 35.5. The van der Waals surface area contributed by atoms with Crippen LogP contribution in [0.15, 0.2) is 18.2 Å². The Bertz CT molecular complexity index is 540. The van der Waals surface area contributed by atoms with Crippen molar-refractivity contribution in [2.24, 2.45) is 0 Å². The summed E-state index contributed by atoms with van der Waals surface area (Å²) < 4.78 is 52.3. The molecule has 1 aromatic carbocycles. The molecule has 2 rings (SSSR count). The largest absolute Gasteiger partial charge is 0.416 e. The summed E-state index contributed by atoms with van der Waals surface area (Å²) in [5.74, 6) is -0.707.